The number of ether oxygens (including phenoxy) is 1. The Balaban J connectivity index is 1.38. The van der Waals surface area contributed by atoms with Crippen LogP contribution in [0, 0.1) is 29.5 Å². The molecule has 0 atom stereocenters. The SMILES string of the molecule is CCCCC1CCC(C2CCC(C[Si]c3ccc(OC(F)(F)F)c(F)c3)CC2)CC1. The lowest BCUT2D eigenvalue weighted by molar-refractivity contribution is -0.275. The topological polar surface area (TPSA) is 9.23 Å². The normalized spacial score (nSPS) is 27.8. The van der Waals surface area contributed by atoms with E-state index in [0.29, 0.717) is 15.4 Å². The fourth-order valence-electron chi connectivity index (χ4n) is 5.39. The summed E-state index contributed by atoms with van der Waals surface area (Å²) in [5.41, 5.74) is 0. The Kier molecular flexibility index (Phi) is 8.67. The van der Waals surface area contributed by atoms with Gasteiger partial charge in [-0.15, -0.1) is 13.2 Å². The molecule has 0 heterocycles. The molecule has 0 N–H and O–H groups in total. The van der Waals surface area contributed by atoms with E-state index in [2.05, 4.69) is 11.7 Å². The number of hydrogen-bond donors (Lipinski definition) is 0. The molecule has 1 aromatic rings. The molecule has 1 aromatic carbocycles. The van der Waals surface area contributed by atoms with Crippen LogP contribution in [0.25, 0.3) is 0 Å². The second-order valence-electron chi connectivity index (χ2n) is 9.28. The molecule has 2 aliphatic carbocycles. The second-order valence-corrected chi connectivity index (χ2v) is 10.6. The summed E-state index contributed by atoms with van der Waals surface area (Å²) in [7, 11) is 0.434. The highest BCUT2D eigenvalue weighted by atomic mass is 28.2. The Bertz CT molecular complexity index is 647. The molecule has 1 nitrogen and oxygen atoms in total. The molecule has 0 aromatic heterocycles. The van der Waals surface area contributed by atoms with Crippen molar-refractivity contribution in [3.63, 3.8) is 0 Å². The third-order valence-electron chi connectivity index (χ3n) is 7.17. The van der Waals surface area contributed by atoms with Crippen molar-refractivity contribution in [2.75, 3.05) is 0 Å². The summed E-state index contributed by atoms with van der Waals surface area (Å²) in [4.78, 5) is 0. The summed E-state index contributed by atoms with van der Waals surface area (Å²) in [6, 6.07) is 4.86. The molecule has 168 valence electrons. The average Bonchev–Trinajstić information content (AvgIpc) is 2.72. The first-order chi connectivity index (χ1) is 14.3. The molecule has 30 heavy (non-hydrogen) atoms. The fourth-order valence-corrected chi connectivity index (χ4v) is 6.75. The minimum absolute atomic E-state index is 0.434. The zero-order valence-corrected chi connectivity index (χ0v) is 18.9. The smallest absolute Gasteiger partial charge is 0.403 e. The van der Waals surface area contributed by atoms with Gasteiger partial charge >= 0.3 is 6.36 Å². The summed E-state index contributed by atoms with van der Waals surface area (Å²) in [6.45, 7) is 2.28. The Hall–Kier alpha value is -1.04. The van der Waals surface area contributed by atoms with Gasteiger partial charge in [0.15, 0.2) is 11.6 Å². The van der Waals surface area contributed by atoms with Gasteiger partial charge in [0.25, 0.3) is 0 Å². The van der Waals surface area contributed by atoms with Gasteiger partial charge in [-0.2, -0.15) is 0 Å². The minimum Gasteiger partial charge on any atom is -0.403 e. The van der Waals surface area contributed by atoms with Crippen molar-refractivity contribution in [2.24, 2.45) is 23.7 Å². The molecule has 2 saturated carbocycles. The number of alkyl halides is 3. The number of halogens is 4. The minimum atomic E-state index is -4.86. The van der Waals surface area contributed by atoms with E-state index in [1.54, 1.807) is 6.07 Å². The molecule has 6 heteroatoms. The quantitative estimate of drug-likeness (QED) is 0.304. The van der Waals surface area contributed by atoms with Crippen molar-refractivity contribution in [1.29, 1.82) is 0 Å². The molecular weight excluding hydrogens is 408 g/mol. The van der Waals surface area contributed by atoms with Gasteiger partial charge in [0, 0.05) is 0 Å². The van der Waals surface area contributed by atoms with Gasteiger partial charge in [-0.1, -0.05) is 69.2 Å². The molecule has 3 rings (SSSR count). The van der Waals surface area contributed by atoms with Crippen molar-refractivity contribution in [1.82, 2.24) is 0 Å². The van der Waals surface area contributed by atoms with E-state index in [4.69, 9.17) is 0 Å². The van der Waals surface area contributed by atoms with Crippen molar-refractivity contribution >= 4 is 14.7 Å². The molecule has 2 fully saturated rings. The van der Waals surface area contributed by atoms with E-state index >= 15 is 0 Å². The summed E-state index contributed by atoms with van der Waals surface area (Å²) in [5.74, 6) is 1.74. The second kappa shape index (κ2) is 11.0. The van der Waals surface area contributed by atoms with Crippen LogP contribution in [-0.4, -0.2) is 15.9 Å². The van der Waals surface area contributed by atoms with Crippen LogP contribution in [0.5, 0.6) is 5.75 Å². The summed E-state index contributed by atoms with van der Waals surface area (Å²) in [6.07, 6.45) is 10.0. The lowest BCUT2D eigenvalue weighted by Crippen LogP contribution is -2.27. The number of hydrogen-bond acceptors (Lipinski definition) is 1. The van der Waals surface area contributed by atoms with E-state index in [1.807, 2.05) is 0 Å². The van der Waals surface area contributed by atoms with Gasteiger partial charge in [0.05, 0.1) is 9.52 Å². The molecule has 0 aliphatic heterocycles. The third-order valence-corrected chi connectivity index (χ3v) is 8.67. The fraction of sp³-hybridized carbons (Fsp3) is 0.750. The molecule has 0 amide bonds. The molecule has 0 bridgehead atoms. The van der Waals surface area contributed by atoms with Crippen molar-refractivity contribution < 1.29 is 22.3 Å². The van der Waals surface area contributed by atoms with Crippen LogP contribution < -0.4 is 9.92 Å². The lowest BCUT2D eigenvalue weighted by atomic mass is 9.69. The standard InChI is InChI=1S/C24H34F4OSi/c1-2-3-4-17-5-9-19(10-6-17)20-11-7-18(8-12-20)16-30-21-13-14-23(22(25)15-21)29-24(26,27)28/h13-15,17-20H,2-12,16H2,1H3. The maximum atomic E-state index is 13.9. The van der Waals surface area contributed by atoms with E-state index in [-0.39, 0.29) is 0 Å². The van der Waals surface area contributed by atoms with Crippen LogP contribution in [0.1, 0.15) is 77.6 Å². The monoisotopic (exact) mass is 442 g/mol. The van der Waals surface area contributed by atoms with E-state index in [9.17, 15) is 17.6 Å². The Morgan fingerprint density at radius 3 is 2.07 bits per heavy atom. The zero-order chi connectivity index (χ0) is 21.6. The van der Waals surface area contributed by atoms with E-state index in [1.165, 1.54) is 76.7 Å². The van der Waals surface area contributed by atoms with Gasteiger partial charge in [-0.3, -0.25) is 0 Å². The van der Waals surface area contributed by atoms with Gasteiger partial charge in [0.1, 0.15) is 0 Å². The number of unbranched alkanes of at least 4 members (excludes halogenated alkanes) is 1. The van der Waals surface area contributed by atoms with Crippen LogP contribution in [0.4, 0.5) is 17.6 Å². The van der Waals surface area contributed by atoms with Crippen LogP contribution in [-0.2, 0) is 0 Å². The zero-order valence-electron chi connectivity index (χ0n) is 17.9. The van der Waals surface area contributed by atoms with Gasteiger partial charge < -0.3 is 4.74 Å². The Morgan fingerprint density at radius 2 is 1.53 bits per heavy atom. The Labute approximate surface area is 180 Å². The highest BCUT2D eigenvalue weighted by Crippen LogP contribution is 2.42. The lowest BCUT2D eigenvalue weighted by Gasteiger charge is -2.38. The van der Waals surface area contributed by atoms with Crippen molar-refractivity contribution in [3.8, 4) is 5.75 Å². The first kappa shape index (κ1) is 23.6. The predicted octanol–water partition coefficient (Wildman–Crippen LogP) is 7.28. The van der Waals surface area contributed by atoms with Gasteiger partial charge in [0.2, 0.25) is 0 Å². The molecule has 0 unspecified atom stereocenters. The molecule has 2 aliphatic rings. The van der Waals surface area contributed by atoms with Crippen LogP contribution in [0.3, 0.4) is 0 Å². The van der Waals surface area contributed by atoms with Crippen LogP contribution in [0.2, 0.25) is 6.04 Å². The molecule has 0 saturated heterocycles. The van der Waals surface area contributed by atoms with Gasteiger partial charge in [-0.05, 0) is 61.5 Å². The molecular formula is C24H34F4OSi. The highest BCUT2D eigenvalue weighted by molar-refractivity contribution is 6.53. The molecule has 0 spiro atoms. The largest absolute Gasteiger partial charge is 0.573 e. The van der Waals surface area contributed by atoms with E-state index in [0.717, 1.165) is 35.1 Å². The first-order valence-corrected chi connectivity index (χ1v) is 12.8. The third kappa shape index (κ3) is 7.28. The summed E-state index contributed by atoms with van der Waals surface area (Å²) >= 11 is 0. The first-order valence-electron chi connectivity index (χ1n) is 11.6. The Morgan fingerprint density at radius 1 is 0.933 bits per heavy atom. The predicted molar refractivity (Wildman–Crippen MR) is 114 cm³/mol. The molecule has 2 radical (unpaired) electrons. The average molecular weight is 443 g/mol. The van der Waals surface area contributed by atoms with Crippen molar-refractivity contribution in [3.05, 3.63) is 24.0 Å². The van der Waals surface area contributed by atoms with Crippen LogP contribution >= 0.6 is 0 Å². The highest BCUT2D eigenvalue weighted by Gasteiger charge is 2.33. The van der Waals surface area contributed by atoms with Crippen molar-refractivity contribution in [2.45, 2.75) is 90.0 Å². The number of benzene rings is 1. The van der Waals surface area contributed by atoms with E-state index < -0.39 is 17.9 Å². The summed E-state index contributed by atoms with van der Waals surface area (Å²) < 4.78 is 54.4. The maximum absolute atomic E-state index is 13.9. The summed E-state index contributed by atoms with van der Waals surface area (Å²) in [5, 5.41) is 0.773. The van der Waals surface area contributed by atoms with Crippen LogP contribution in [0.15, 0.2) is 18.2 Å². The van der Waals surface area contributed by atoms with Gasteiger partial charge in [-0.25, -0.2) is 4.39 Å². The maximum Gasteiger partial charge on any atom is 0.573 e. The number of rotatable bonds is 8.